The minimum Gasteiger partial charge on any atom is -0.145 e. The Bertz CT molecular complexity index is 181. The summed E-state index contributed by atoms with van der Waals surface area (Å²) in [5.41, 5.74) is 0. The van der Waals surface area contributed by atoms with Gasteiger partial charge in [0.25, 0.3) is 0 Å². The van der Waals surface area contributed by atoms with Gasteiger partial charge in [0, 0.05) is 9.49 Å². The Kier molecular flexibility index (Phi) is 0.774. The van der Waals surface area contributed by atoms with E-state index in [0.29, 0.717) is 0 Å². The van der Waals surface area contributed by atoms with E-state index in [1.165, 1.54) is 12.8 Å². The van der Waals surface area contributed by atoms with E-state index in [1.54, 1.807) is 6.42 Å². The number of hydrogen-bond acceptors (Lipinski definition) is 1. The van der Waals surface area contributed by atoms with Crippen LogP contribution in [0.1, 0.15) is 33.1 Å². The number of thioether (sulfide) groups is 1. The minimum atomic E-state index is 0.732. The third-order valence-corrected chi connectivity index (χ3v) is 6.52. The molecule has 0 aromatic rings. The SMILES string of the molecule is CC12SC1(C)C1CCC2C1. The Hall–Kier alpha value is 0.350. The first-order chi connectivity index (χ1) is 4.67. The summed E-state index contributed by atoms with van der Waals surface area (Å²) < 4.78 is 1.46. The monoisotopic (exact) mass is 154 g/mol. The first-order valence-electron chi connectivity index (χ1n) is 4.37. The second-order valence-electron chi connectivity index (χ2n) is 4.52. The van der Waals surface area contributed by atoms with Gasteiger partial charge < -0.3 is 0 Å². The lowest BCUT2D eigenvalue weighted by atomic mass is 9.82. The smallest absolute Gasteiger partial charge is 0.0313 e. The molecule has 1 heteroatoms. The number of rotatable bonds is 0. The summed E-state index contributed by atoms with van der Waals surface area (Å²) in [6.45, 7) is 4.98. The topological polar surface area (TPSA) is 0 Å². The number of hydrogen-bond donors (Lipinski definition) is 0. The van der Waals surface area contributed by atoms with Crippen LogP contribution in [0, 0.1) is 11.8 Å². The van der Waals surface area contributed by atoms with E-state index in [-0.39, 0.29) is 0 Å². The Morgan fingerprint density at radius 1 is 1.10 bits per heavy atom. The van der Waals surface area contributed by atoms with Crippen molar-refractivity contribution in [3.63, 3.8) is 0 Å². The van der Waals surface area contributed by atoms with Gasteiger partial charge in [0.15, 0.2) is 0 Å². The van der Waals surface area contributed by atoms with Crippen molar-refractivity contribution in [3.05, 3.63) is 0 Å². The maximum atomic E-state index is 2.49. The fourth-order valence-corrected chi connectivity index (χ4v) is 5.30. The second-order valence-corrected chi connectivity index (χ2v) is 6.42. The van der Waals surface area contributed by atoms with Crippen LogP contribution in [0.3, 0.4) is 0 Å². The molecule has 4 atom stereocenters. The molecule has 1 aliphatic heterocycles. The van der Waals surface area contributed by atoms with E-state index in [2.05, 4.69) is 25.6 Å². The van der Waals surface area contributed by atoms with Crippen molar-refractivity contribution in [3.8, 4) is 0 Å². The van der Waals surface area contributed by atoms with E-state index in [9.17, 15) is 0 Å². The van der Waals surface area contributed by atoms with Gasteiger partial charge in [-0.1, -0.05) is 0 Å². The molecule has 56 valence electrons. The molecule has 2 aliphatic carbocycles. The van der Waals surface area contributed by atoms with Gasteiger partial charge in [-0.25, -0.2) is 0 Å². The molecule has 2 bridgehead atoms. The molecule has 0 spiro atoms. The molecular formula is C9H14S. The van der Waals surface area contributed by atoms with E-state index in [1.807, 2.05) is 0 Å². The van der Waals surface area contributed by atoms with Crippen molar-refractivity contribution in [1.82, 2.24) is 0 Å². The van der Waals surface area contributed by atoms with Crippen molar-refractivity contribution in [1.29, 1.82) is 0 Å². The third kappa shape index (κ3) is 0.382. The number of fused-ring (bicyclic) bond motifs is 5. The molecule has 0 radical (unpaired) electrons. The lowest BCUT2D eigenvalue weighted by molar-refractivity contribution is 0.389. The zero-order chi connectivity index (χ0) is 6.98. The first-order valence-corrected chi connectivity index (χ1v) is 5.19. The summed E-state index contributed by atoms with van der Waals surface area (Å²) in [5, 5.41) is 0. The van der Waals surface area contributed by atoms with E-state index in [0.717, 1.165) is 21.3 Å². The second kappa shape index (κ2) is 1.31. The molecule has 0 amide bonds. The standard InChI is InChI=1S/C9H14S/c1-8-6-3-4-7(5-6)9(8,2)10-8/h6-7H,3-5H2,1-2H3. The van der Waals surface area contributed by atoms with Crippen LogP contribution in [0.4, 0.5) is 0 Å². The summed E-state index contributed by atoms with van der Waals surface area (Å²) in [7, 11) is 0. The lowest BCUT2D eigenvalue weighted by Crippen LogP contribution is -2.26. The Morgan fingerprint density at radius 2 is 1.60 bits per heavy atom. The van der Waals surface area contributed by atoms with Crippen molar-refractivity contribution >= 4 is 11.8 Å². The van der Waals surface area contributed by atoms with Crippen molar-refractivity contribution < 1.29 is 0 Å². The lowest BCUT2D eigenvalue weighted by Gasteiger charge is -2.20. The molecule has 1 saturated heterocycles. The van der Waals surface area contributed by atoms with Gasteiger partial charge in [0.1, 0.15) is 0 Å². The van der Waals surface area contributed by atoms with Crippen molar-refractivity contribution in [2.75, 3.05) is 0 Å². The Labute approximate surface area is 66.8 Å². The van der Waals surface area contributed by atoms with Crippen LogP contribution < -0.4 is 0 Å². The fraction of sp³-hybridized carbons (Fsp3) is 1.00. The highest BCUT2D eigenvalue weighted by atomic mass is 32.2. The zero-order valence-electron chi connectivity index (χ0n) is 6.68. The summed E-state index contributed by atoms with van der Waals surface area (Å²) in [6, 6.07) is 0. The Morgan fingerprint density at radius 3 is 1.90 bits per heavy atom. The van der Waals surface area contributed by atoms with Gasteiger partial charge in [0.05, 0.1) is 0 Å². The highest BCUT2D eigenvalue weighted by molar-refractivity contribution is 8.09. The quantitative estimate of drug-likeness (QED) is 0.483. The van der Waals surface area contributed by atoms with Gasteiger partial charge in [-0.3, -0.25) is 0 Å². The van der Waals surface area contributed by atoms with Gasteiger partial charge in [0.2, 0.25) is 0 Å². The van der Waals surface area contributed by atoms with E-state index < -0.39 is 0 Å². The summed E-state index contributed by atoms with van der Waals surface area (Å²) in [5.74, 6) is 2.18. The molecule has 3 rings (SSSR count). The largest absolute Gasteiger partial charge is 0.145 e. The molecule has 1 heterocycles. The van der Waals surface area contributed by atoms with Crippen LogP contribution in [0.5, 0.6) is 0 Å². The van der Waals surface area contributed by atoms with Gasteiger partial charge in [-0.2, -0.15) is 0 Å². The van der Waals surface area contributed by atoms with Crippen LogP contribution in [0.25, 0.3) is 0 Å². The minimum absolute atomic E-state index is 0.732. The van der Waals surface area contributed by atoms with Gasteiger partial charge >= 0.3 is 0 Å². The molecule has 0 aromatic heterocycles. The fourth-order valence-electron chi connectivity index (χ4n) is 3.37. The molecule has 10 heavy (non-hydrogen) atoms. The Balaban J connectivity index is 2.08. The van der Waals surface area contributed by atoms with Crippen LogP contribution in [-0.2, 0) is 0 Å². The highest BCUT2D eigenvalue weighted by Crippen LogP contribution is 2.80. The maximum Gasteiger partial charge on any atom is 0.0313 e. The van der Waals surface area contributed by atoms with Crippen LogP contribution in [0.2, 0.25) is 0 Å². The summed E-state index contributed by atoms with van der Waals surface area (Å²) >= 11 is 2.26. The zero-order valence-corrected chi connectivity index (χ0v) is 7.50. The average Bonchev–Trinajstić information content (AvgIpc) is 2.25. The predicted octanol–water partition coefficient (Wildman–Crippen LogP) is 2.68. The molecule has 0 nitrogen and oxygen atoms in total. The van der Waals surface area contributed by atoms with Gasteiger partial charge in [-0.15, -0.1) is 11.8 Å². The molecular weight excluding hydrogens is 140 g/mol. The molecule has 2 saturated carbocycles. The molecule has 0 N–H and O–H groups in total. The molecule has 3 aliphatic rings. The van der Waals surface area contributed by atoms with Gasteiger partial charge in [-0.05, 0) is 44.9 Å². The van der Waals surface area contributed by atoms with Crippen molar-refractivity contribution in [2.45, 2.75) is 42.6 Å². The van der Waals surface area contributed by atoms with Crippen LogP contribution in [0.15, 0.2) is 0 Å². The average molecular weight is 154 g/mol. The normalized spacial score (nSPS) is 70.2. The summed E-state index contributed by atoms with van der Waals surface area (Å²) in [6.07, 6.45) is 4.62. The summed E-state index contributed by atoms with van der Waals surface area (Å²) in [4.78, 5) is 0. The third-order valence-electron chi connectivity index (χ3n) is 4.36. The first kappa shape index (κ1) is 5.93. The van der Waals surface area contributed by atoms with E-state index >= 15 is 0 Å². The molecule has 0 aromatic carbocycles. The van der Waals surface area contributed by atoms with Crippen LogP contribution >= 0.6 is 11.8 Å². The maximum absolute atomic E-state index is 2.49. The predicted molar refractivity (Wildman–Crippen MR) is 45.2 cm³/mol. The molecule has 3 fully saturated rings. The highest BCUT2D eigenvalue weighted by Gasteiger charge is 2.75. The molecule has 4 unspecified atom stereocenters. The van der Waals surface area contributed by atoms with Crippen molar-refractivity contribution in [2.24, 2.45) is 11.8 Å². The van der Waals surface area contributed by atoms with Crippen LogP contribution in [-0.4, -0.2) is 9.49 Å². The van der Waals surface area contributed by atoms with E-state index in [4.69, 9.17) is 0 Å².